The van der Waals surface area contributed by atoms with Crippen LogP contribution >= 0.6 is 0 Å². The van der Waals surface area contributed by atoms with Crippen molar-refractivity contribution < 1.29 is 19.6 Å². The first-order valence-electron chi connectivity index (χ1n) is 9.63. The molecule has 29 heavy (non-hydrogen) atoms. The minimum atomic E-state index is -0.452. The maximum atomic E-state index is 12.6. The van der Waals surface area contributed by atoms with Crippen LogP contribution in [0.2, 0.25) is 0 Å². The van der Waals surface area contributed by atoms with Gasteiger partial charge in [0.15, 0.2) is 6.10 Å². The van der Waals surface area contributed by atoms with Crippen molar-refractivity contribution in [1.82, 2.24) is 15.8 Å². The fraction of sp³-hybridized carbons (Fsp3) is 0.333. The summed E-state index contributed by atoms with van der Waals surface area (Å²) >= 11 is 0. The van der Waals surface area contributed by atoms with E-state index in [-0.39, 0.29) is 18.1 Å². The predicted molar refractivity (Wildman–Crippen MR) is 104 cm³/mol. The molecular weight excluding hydrogens is 372 g/mol. The highest BCUT2D eigenvalue weighted by molar-refractivity contribution is 6.01. The molecule has 150 valence electrons. The molecule has 1 fully saturated rings. The van der Waals surface area contributed by atoms with Crippen LogP contribution in [0, 0.1) is 5.92 Å². The SMILES string of the molecule is O=C(N[C@H]1CCC[C@H]1C(=O)NO)c1ccc(C2CC(c3ccncc3)=NO2)cc1. The molecule has 1 aromatic heterocycles. The molecule has 4 rings (SSSR count). The van der Waals surface area contributed by atoms with Gasteiger partial charge >= 0.3 is 0 Å². The van der Waals surface area contributed by atoms with E-state index in [2.05, 4.69) is 15.5 Å². The highest BCUT2D eigenvalue weighted by Gasteiger charge is 2.34. The lowest BCUT2D eigenvalue weighted by molar-refractivity contribution is -0.133. The maximum Gasteiger partial charge on any atom is 0.251 e. The molecule has 8 nitrogen and oxygen atoms in total. The second-order valence-electron chi connectivity index (χ2n) is 7.29. The van der Waals surface area contributed by atoms with Gasteiger partial charge in [-0.15, -0.1) is 0 Å². The Morgan fingerprint density at radius 2 is 1.83 bits per heavy atom. The van der Waals surface area contributed by atoms with Gasteiger partial charge in [0, 0.05) is 36.0 Å². The second-order valence-corrected chi connectivity index (χ2v) is 7.29. The van der Waals surface area contributed by atoms with Crippen LogP contribution in [0.3, 0.4) is 0 Å². The minimum absolute atomic E-state index is 0.192. The van der Waals surface area contributed by atoms with Crippen molar-refractivity contribution in [2.45, 2.75) is 37.8 Å². The van der Waals surface area contributed by atoms with Gasteiger partial charge in [0.05, 0.1) is 11.6 Å². The third kappa shape index (κ3) is 4.12. The molecule has 0 saturated heterocycles. The monoisotopic (exact) mass is 394 g/mol. The maximum absolute atomic E-state index is 12.6. The number of nitrogens with zero attached hydrogens (tertiary/aromatic N) is 2. The van der Waals surface area contributed by atoms with Gasteiger partial charge in [0.1, 0.15) is 0 Å². The summed E-state index contributed by atoms with van der Waals surface area (Å²) in [6.07, 6.45) is 6.09. The molecule has 3 atom stereocenters. The van der Waals surface area contributed by atoms with Crippen molar-refractivity contribution >= 4 is 17.5 Å². The van der Waals surface area contributed by atoms with Crippen molar-refractivity contribution in [3.05, 3.63) is 65.5 Å². The van der Waals surface area contributed by atoms with Gasteiger partial charge in [-0.3, -0.25) is 19.8 Å². The largest absolute Gasteiger partial charge is 0.387 e. The summed E-state index contributed by atoms with van der Waals surface area (Å²) in [5.74, 6) is -1.09. The Morgan fingerprint density at radius 3 is 2.55 bits per heavy atom. The third-order valence-corrected chi connectivity index (χ3v) is 5.51. The van der Waals surface area contributed by atoms with Gasteiger partial charge in [-0.25, -0.2) is 5.48 Å². The van der Waals surface area contributed by atoms with E-state index < -0.39 is 11.8 Å². The first kappa shape index (κ1) is 19.1. The number of pyridine rings is 1. The summed E-state index contributed by atoms with van der Waals surface area (Å²) in [6.45, 7) is 0. The molecule has 1 aliphatic carbocycles. The summed E-state index contributed by atoms with van der Waals surface area (Å²) in [7, 11) is 0. The Kier molecular flexibility index (Phi) is 5.53. The van der Waals surface area contributed by atoms with E-state index in [1.54, 1.807) is 30.0 Å². The zero-order valence-electron chi connectivity index (χ0n) is 15.7. The average molecular weight is 394 g/mol. The fourth-order valence-corrected chi connectivity index (χ4v) is 3.90. The first-order valence-corrected chi connectivity index (χ1v) is 9.63. The summed E-state index contributed by atoms with van der Waals surface area (Å²) in [6, 6.07) is 10.7. The molecule has 2 aromatic rings. The Morgan fingerprint density at radius 1 is 1.07 bits per heavy atom. The number of aromatic nitrogens is 1. The predicted octanol–water partition coefficient (Wildman–Crippen LogP) is 2.35. The van der Waals surface area contributed by atoms with Crippen LogP contribution in [0.4, 0.5) is 0 Å². The minimum Gasteiger partial charge on any atom is -0.387 e. The summed E-state index contributed by atoms with van der Waals surface area (Å²) in [5.41, 5.74) is 4.99. The van der Waals surface area contributed by atoms with Gasteiger partial charge in [-0.2, -0.15) is 0 Å². The van der Waals surface area contributed by atoms with Crippen LogP contribution in [-0.4, -0.2) is 33.8 Å². The summed E-state index contributed by atoms with van der Waals surface area (Å²) in [5, 5.41) is 15.9. The Bertz CT molecular complexity index is 914. The lowest BCUT2D eigenvalue weighted by Crippen LogP contribution is -2.43. The normalized spacial score (nSPS) is 23.2. The van der Waals surface area contributed by atoms with Crippen molar-refractivity contribution in [2.75, 3.05) is 0 Å². The Balaban J connectivity index is 1.37. The standard InChI is InChI=1S/C21H22N4O4/c26-20(23-17-3-1-2-16(17)21(27)24-28)15-6-4-14(5-7-15)19-12-18(25-29-19)13-8-10-22-11-9-13/h4-11,16-17,19,28H,1-3,12H2,(H,23,26)(H,24,27)/t16-,17+,19?/m1/s1. The van der Waals surface area contributed by atoms with Gasteiger partial charge in [-0.05, 0) is 42.7 Å². The number of amides is 2. The third-order valence-electron chi connectivity index (χ3n) is 5.51. The molecule has 2 amide bonds. The van der Waals surface area contributed by atoms with Crippen LogP contribution in [-0.2, 0) is 9.63 Å². The molecule has 2 heterocycles. The zero-order valence-corrected chi connectivity index (χ0v) is 15.7. The van der Waals surface area contributed by atoms with Crippen LogP contribution in [0.5, 0.6) is 0 Å². The molecule has 1 aromatic carbocycles. The van der Waals surface area contributed by atoms with Gasteiger partial charge in [0.25, 0.3) is 5.91 Å². The number of benzene rings is 1. The van der Waals surface area contributed by atoms with Crippen LogP contribution < -0.4 is 10.8 Å². The molecule has 1 aliphatic heterocycles. The molecule has 0 radical (unpaired) electrons. The quantitative estimate of drug-likeness (QED) is 0.532. The van der Waals surface area contributed by atoms with E-state index in [1.807, 2.05) is 24.3 Å². The van der Waals surface area contributed by atoms with Crippen LogP contribution in [0.15, 0.2) is 53.9 Å². The lowest BCUT2D eigenvalue weighted by Gasteiger charge is -2.19. The first-order chi connectivity index (χ1) is 14.2. The number of carbonyl (C=O) groups excluding carboxylic acids is 2. The number of hydrogen-bond acceptors (Lipinski definition) is 6. The van der Waals surface area contributed by atoms with E-state index in [0.717, 1.165) is 23.3 Å². The summed E-state index contributed by atoms with van der Waals surface area (Å²) < 4.78 is 0. The van der Waals surface area contributed by atoms with E-state index in [9.17, 15) is 9.59 Å². The zero-order chi connectivity index (χ0) is 20.2. The van der Waals surface area contributed by atoms with E-state index in [0.29, 0.717) is 24.8 Å². The highest BCUT2D eigenvalue weighted by Crippen LogP contribution is 2.30. The molecule has 1 saturated carbocycles. The molecule has 2 aliphatic rings. The Hall–Kier alpha value is -3.26. The van der Waals surface area contributed by atoms with E-state index in [1.165, 1.54) is 0 Å². The van der Waals surface area contributed by atoms with E-state index >= 15 is 0 Å². The van der Waals surface area contributed by atoms with Crippen molar-refractivity contribution in [1.29, 1.82) is 0 Å². The number of oxime groups is 1. The van der Waals surface area contributed by atoms with Crippen molar-refractivity contribution in [3.8, 4) is 0 Å². The lowest BCUT2D eigenvalue weighted by atomic mass is 9.99. The van der Waals surface area contributed by atoms with Gasteiger partial charge < -0.3 is 10.2 Å². The van der Waals surface area contributed by atoms with Gasteiger partial charge in [-0.1, -0.05) is 23.7 Å². The smallest absolute Gasteiger partial charge is 0.251 e. The van der Waals surface area contributed by atoms with E-state index in [4.69, 9.17) is 10.0 Å². The molecule has 0 spiro atoms. The van der Waals surface area contributed by atoms with Crippen LogP contribution in [0.1, 0.15) is 53.3 Å². The number of hydroxylamine groups is 1. The molecule has 0 bridgehead atoms. The van der Waals surface area contributed by atoms with Crippen LogP contribution in [0.25, 0.3) is 0 Å². The average Bonchev–Trinajstić information content (AvgIpc) is 3.44. The van der Waals surface area contributed by atoms with Gasteiger partial charge in [0.2, 0.25) is 5.91 Å². The van der Waals surface area contributed by atoms with Crippen molar-refractivity contribution in [2.24, 2.45) is 11.1 Å². The fourth-order valence-electron chi connectivity index (χ4n) is 3.90. The molecule has 3 N–H and O–H groups in total. The molecule has 1 unspecified atom stereocenters. The summed E-state index contributed by atoms with van der Waals surface area (Å²) in [4.78, 5) is 33.9. The second kappa shape index (κ2) is 8.40. The molecular formula is C21H22N4O4. The Labute approximate surface area is 167 Å². The number of carbonyl (C=O) groups is 2. The topological polar surface area (TPSA) is 113 Å². The number of nitrogens with one attached hydrogen (secondary N) is 2. The number of hydrogen-bond donors (Lipinski definition) is 3. The number of rotatable bonds is 5. The molecule has 8 heteroatoms. The highest BCUT2D eigenvalue weighted by atomic mass is 16.6. The van der Waals surface area contributed by atoms with Crippen molar-refractivity contribution in [3.63, 3.8) is 0 Å².